The van der Waals surface area contributed by atoms with Crippen LogP contribution in [-0.2, 0) is 4.74 Å². The molecule has 1 aliphatic rings. The molecule has 1 unspecified atom stereocenters. The Morgan fingerprint density at radius 3 is 2.64 bits per heavy atom. The van der Waals surface area contributed by atoms with Crippen LogP contribution in [0.1, 0.15) is 43.1 Å². The molecule has 0 saturated carbocycles. The first-order valence-corrected chi connectivity index (χ1v) is 11.3. The van der Waals surface area contributed by atoms with Crippen molar-refractivity contribution in [1.29, 1.82) is 0 Å². The summed E-state index contributed by atoms with van der Waals surface area (Å²) in [5.41, 5.74) is 1.02. The monoisotopic (exact) mass is 500 g/mol. The van der Waals surface area contributed by atoms with Crippen LogP contribution in [0.2, 0.25) is 10.0 Å². The van der Waals surface area contributed by atoms with Gasteiger partial charge in [0.15, 0.2) is 10.6 Å². The van der Waals surface area contributed by atoms with E-state index in [-0.39, 0.29) is 37.7 Å². The van der Waals surface area contributed by atoms with Gasteiger partial charge in [0.1, 0.15) is 10.5 Å². The predicted octanol–water partition coefficient (Wildman–Crippen LogP) is 5.40. The number of nitrogens with zero attached hydrogens (tertiary/aromatic N) is 2. The lowest BCUT2D eigenvalue weighted by atomic mass is 9.99. The second kappa shape index (κ2) is 7.98. The first-order valence-electron chi connectivity index (χ1n) is 9.71. The van der Waals surface area contributed by atoms with E-state index < -0.39 is 17.9 Å². The highest BCUT2D eigenvalue weighted by Gasteiger charge is 2.45. The van der Waals surface area contributed by atoms with E-state index in [4.69, 9.17) is 32.4 Å². The van der Waals surface area contributed by atoms with Crippen LogP contribution in [0.4, 0.5) is 5.13 Å². The van der Waals surface area contributed by atoms with Crippen molar-refractivity contribution in [3.05, 3.63) is 90.2 Å². The first kappa shape index (κ1) is 21.6. The number of hydrogen-bond donors (Lipinski definition) is 0. The largest absolute Gasteiger partial charge is 0.465 e. The van der Waals surface area contributed by atoms with Gasteiger partial charge >= 0.3 is 5.97 Å². The van der Waals surface area contributed by atoms with Gasteiger partial charge in [0, 0.05) is 10.0 Å². The maximum absolute atomic E-state index is 13.6. The van der Waals surface area contributed by atoms with Gasteiger partial charge in [-0.05, 0) is 42.8 Å². The van der Waals surface area contributed by atoms with Crippen LogP contribution >= 0.6 is 34.5 Å². The number of benzene rings is 2. The van der Waals surface area contributed by atoms with Crippen molar-refractivity contribution in [3.63, 3.8) is 0 Å². The first-order chi connectivity index (χ1) is 15.8. The highest BCUT2D eigenvalue weighted by molar-refractivity contribution is 7.17. The highest BCUT2D eigenvalue weighted by Crippen LogP contribution is 2.43. The van der Waals surface area contributed by atoms with Crippen LogP contribution in [-0.4, -0.2) is 24.0 Å². The second-order valence-corrected chi connectivity index (χ2v) is 9.20. The number of esters is 1. The van der Waals surface area contributed by atoms with Gasteiger partial charge in [0.25, 0.3) is 5.91 Å². The third kappa shape index (κ3) is 3.42. The summed E-state index contributed by atoms with van der Waals surface area (Å²) < 4.78 is 10.7. The number of amides is 1. The van der Waals surface area contributed by atoms with E-state index in [1.54, 1.807) is 43.3 Å². The van der Waals surface area contributed by atoms with E-state index in [0.29, 0.717) is 21.3 Å². The summed E-state index contributed by atoms with van der Waals surface area (Å²) in [7, 11) is 1.27. The third-order valence-corrected chi connectivity index (χ3v) is 6.97. The van der Waals surface area contributed by atoms with Gasteiger partial charge in [0.2, 0.25) is 5.76 Å². The van der Waals surface area contributed by atoms with Crippen LogP contribution < -0.4 is 10.3 Å². The van der Waals surface area contributed by atoms with Crippen LogP contribution in [0.25, 0.3) is 11.0 Å². The van der Waals surface area contributed by atoms with Crippen molar-refractivity contribution < 1.29 is 18.7 Å². The fourth-order valence-electron chi connectivity index (χ4n) is 3.90. The molecule has 166 valence electrons. The second-order valence-electron chi connectivity index (χ2n) is 7.35. The molecular weight excluding hydrogens is 487 g/mol. The summed E-state index contributed by atoms with van der Waals surface area (Å²) in [6, 6.07) is 10.6. The van der Waals surface area contributed by atoms with Crippen LogP contribution in [0.15, 0.2) is 51.7 Å². The molecule has 3 heterocycles. The average Bonchev–Trinajstić information content (AvgIpc) is 3.31. The summed E-state index contributed by atoms with van der Waals surface area (Å²) in [4.78, 5) is 45.3. The number of aryl methyl sites for hydroxylation is 1. The van der Waals surface area contributed by atoms with E-state index in [1.165, 1.54) is 18.1 Å². The van der Waals surface area contributed by atoms with Crippen LogP contribution in [0.5, 0.6) is 0 Å². The summed E-state index contributed by atoms with van der Waals surface area (Å²) in [5.74, 6) is -1.20. The standard InChI is InChI=1S/C23H14Cl2N2O5S/c1-10-20(22(30)31-2)33-23(26-10)27-17(11-4-3-5-12(24)8-11)16-18(28)14-9-13(25)6-7-15(14)32-19(16)21(27)29/h3-9,17H,1-2H3. The van der Waals surface area contributed by atoms with E-state index in [1.807, 2.05) is 0 Å². The Morgan fingerprint density at radius 1 is 1.15 bits per heavy atom. The Balaban J connectivity index is 1.80. The number of carbonyl (C=O) groups is 2. The molecule has 2 aromatic carbocycles. The molecule has 33 heavy (non-hydrogen) atoms. The number of halogens is 2. The molecule has 0 bridgehead atoms. The number of carbonyl (C=O) groups excluding carboxylic acids is 2. The van der Waals surface area contributed by atoms with Crippen molar-refractivity contribution in [2.45, 2.75) is 13.0 Å². The van der Waals surface area contributed by atoms with Crippen molar-refractivity contribution >= 4 is 62.5 Å². The molecule has 0 saturated heterocycles. The molecule has 1 atom stereocenters. The Morgan fingerprint density at radius 2 is 1.91 bits per heavy atom. The van der Waals surface area contributed by atoms with Crippen molar-refractivity contribution in [3.8, 4) is 0 Å². The topological polar surface area (TPSA) is 89.7 Å². The van der Waals surface area contributed by atoms with Crippen LogP contribution in [0.3, 0.4) is 0 Å². The molecule has 2 aromatic heterocycles. The van der Waals surface area contributed by atoms with Gasteiger partial charge < -0.3 is 9.15 Å². The Kier molecular flexibility index (Phi) is 5.23. The minimum Gasteiger partial charge on any atom is -0.465 e. The van der Waals surface area contributed by atoms with Gasteiger partial charge in [0.05, 0.1) is 29.8 Å². The molecule has 1 aliphatic heterocycles. The van der Waals surface area contributed by atoms with Crippen molar-refractivity contribution in [2.24, 2.45) is 0 Å². The maximum atomic E-state index is 13.6. The summed E-state index contributed by atoms with van der Waals surface area (Å²) in [6.45, 7) is 1.65. The lowest BCUT2D eigenvalue weighted by Crippen LogP contribution is -2.29. The molecular formula is C23H14Cl2N2O5S. The number of anilines is 1. The van der Waals surface area contributed by atoms with E-state index >= 15 is 0 Å². The third-order valence-electron chi connectivity index (χ3n) is 5.36. The zero-order valence-electron chi connectivity index (χ0n) is 17.2. The number of thiazole rings is 1. The molecule has 0 radical (unpaired) electrons. The maximum Gasteiger partial charge on any atom is 0.350 e. The van der Waals surface area contributed by atoms with Gasteiger partial charge in [-0.25, -0.2) is 9.78 Å². The molecule has 0 N–H and O–H groups in total. The normalized spacial score (nSPS) is 15.2. The molecule has 7 nitrogen and oxygen atoms in total. The molecule has 5 rings (SSSR count). The quantitative estimate of drug-likeness (QED) is 0.349. The lowest BCUT2D eigenvalue weighted by molar-refractivity contribution is 0.0605. The minimum absolute atomic E-state index is 0.0905. The number of fused-ring (bicyclic) bond motifs is 2. The van der Waals surface area contributed by atoms with E-state index in [0.717, 1.165) is 11.3 Å². The molecule has 0 aliphatic carbocycles. The SMILES string of the molecule is COC(=O)c1sc(N2C(=O)c3oc4ccc(Cl)cc4c(=O)c3C2c2cccc(Cl)c2)nc1C. The number of hydrogen-bond acceptors (Lipinski definition) is 7. The summed E-state index contributed by atoms with van der Waals surface area (Å²) in [5, 5.41) is 1.30. The number of ether oxygens (including phenoxy) is 1. The molecule has 0 spiro atoms. The fraction of sp³-hybridized carbons (Fsp3) is 0.130. The zero-order valence-corrected chi connectivity index (χ0v) is 19.5. The summed E-state index contributed by atoms with van der Waals surface area (Å²) >= 11 is 13.3. The predicted molar refractivity (Wildman–Crippen MR) is 126 cm³/mol. The zero-order chi connectivity index (χ0) is 23.4. The van der Waals surface area contributed by atoms with Gasteiger partial charge in [-0.1, -0.05) is 46.7 Å². The highest BCUT2D eigenvalue weighted by atomic mass is 35.5. The fourth-order valence-corrected chi connectivity index (χ4v) is 5.28. The molecule has 4 aromatic rings. The lowest BCUT2D eigenvalue weighted by Gasteiger charge is -2.22. The average molecular weight is 501 g/mol. The van der Waals surface area contributed by atoms with Gasteiger partial charge in [-0.3, -0.25) is 14.5 Å². The minimum atomic E-state index is -0.859. The van der Waals surface area contributed by atoms with E-state index in [9.17, 15) is 14.4 Å². The Labute approximate surface area is 201 Å². The van der Waals surface area contributed by atoms with Crippen molar-refractivity contribution in [2.75, 3.05) is 12.0 Å². The smallest absolute Gasteiger partial charge is 0.350 e. The number of aromatic nitrogens is 1. The number of methoxy groups -OCH3 is 1. The molecule has 0 fully saturated rings. The van der Waals surface area contributed by atoms with Gasteiger partial charge in [-0.15, -0.1) is 0 Å². The van der Waals surface area contributed by atoms with E-state index in [2.05, 4.69) is 4.98 Å². The molecule has 1 amide bonds. The Hall–Kier alpha value is -3.20. The van der Waals surface area contributed by atoms with Crippen molar-refractivity contribution in [1.82, 2.24) is 4.98 Å². The van der Waals surface area contributed by atoms with Gasteiger partial charge in [-0.2, -0.15) is 0 Å². The summed E-state index contributed by atoms with van der Waals surface area (Å²) in [6.07, 6.45) is 0. The number of rotatable bonds is 3. The Bertz CT molecular complexity index is 1530. The van der Waals surface area contributed by atoms with Crippen LogP contribution in [0, 0.1) is 6.92 Å². The molecule has 10 heteroatoms.